The van der Waals surface area contributed by atoms with Crippen LogP contribution < -0.4 is 25.6 Å². The first-order valence-electron chi connectivity index (χ1n) is 7.42. The molecule has 25 heavy (non-hydrogen) atoms. The van der Waals surface area contributed by atoms with Crippen LogP contribution in [0, 0.1) is 12.3 Å². The summed E-state index contributed by atoms with van der Waals surface area (Å²) in [5.41, 5.74) is 0.985. The fourth-order valence-electron chi connectivity index (χ4n) is 2.14. The lowest BCUT2D eigenvalue weighted by atomic mass is 10.2. The fourth-order valence-corrected chi connectivity index (χ4v) is 2.14. The first kappa shape index (κ1) is 17.9. The van der Waals surface area contributed by atoms with E-state index in [2.05, 4.69) is 21.9 Å². The Balaban J connectivity index is 1.96. The van der Waals surface area contributed by atoms with Gasteiger partial charge in [-0.2, -0.15) is 0 Å². The Hall–Kier alpha value is -3.41. The Labute approximate surface area is 144 Å². The van der Waals surface area contributed by atoms with Crippen LogP contribution in [0.15, 0.2) is 18.2 Å². The molecule has 9 nitrogen and oxygen atoms in total. The molecule has 1 aliphatic rings. The van der Waals surface area contributed by atoms with Crippen molar-refractivity contribution in [2.45, 2.75) is 0 Å². The van der Waals surface area contributed by atoms with Gasteiger partial charge < -0.3 is 25.4 Å². The summed E-state index contributed by atoms with van der Waals surface area (Å²) < 4.78 is 10.2. The molecule has 0 atom stereocenters. The van der Waals surface area contributed by atoms with Gasteiger partial charge >= 0.3 is 12.1 Å². The van der Waals surface area contributed by atoms with Gasteiger partial charge in [0.2, 0.25) is 5.91 Å². The van der Waals surface area contributed by atoms with Crippen molar-refractivity contribution in [1.29, 1.82) is 0 Å². The monoisotopic (exact) mass is 346 g/mol. The number of methoxy groups -OCH3 is 1. The number of rotatable bonds is 6. The molecule has 1 aliphatic heterocycles. The highest BCUT2D eigenvalue weighted by Crippen LogP contribution is 2.32. The van der Waals surface area contributed by atoms with E-state index in [1.54, 1.807) is 18.2 Å². The van der Waals surface area contributed by atoms with E-state index in [0.717, 1.165) is 0 Å². The number of carbonyl (C=O) groups is 3. The van der Waals surface area contributed by atoms with Crippen molar-refractivity contribution in [2.24, 2.45) is 0 Å². The highest BCUT2D eigenvalue weighted by atomic mass is 16.6. The van der Waals surface area contributed by atoms with Gasteiger partial charge in [-0.05, 0) is 12.1 Å². The van der Waals surface area contributed by atoms with Crippen molar-refractivity contribution in [3.8, 4) is 18.1 Å². The number of urea groups is 1. The molecule has 1 saturated heterocycles. The molecule has 0 bridgehead atoms. The summed E-state index contributed by atoms with van der Waals surface area (Å²) in [6, 6.07) is 4.26. The van der Waals surface area contributed by atoms with Crippen LogP contribution >= 0.6 is 0 Å². The molecule has 1 heterocycles. The normalized spacial score (nSPS) is 12.8. The third-order valence-electron chi connectivity index (χ3n) is 3.29. The van der Waals surface area contributed by atoms with Crippen LogP contribution in [0.25, 0.3) is 0 Å². The van der Waals surface area contributed by atoms with Crippen LogP contribution in [-0.4, -0.2) is 51.4 Å². The maximum absolute atomic E-state index is 11.8. The number of benzene rings is 1. The van der Waals surface area contributed by atoms with Crippen LogP contribution in [0.4, 0.5) is 21.0 Å². The third-order valence-corrected chi connectivity index (χ3v) is 3.29. The van der Waals surface area contributed by atoms with Crippen molar-refractivity contribution in [2.75, 3.05) is 43.6 Å². The average molecular weight is 346 g/mol. The van der Waals surface area contributed by atoms with Crippen molar-refractivity contribution in [3.05, 3.63) is 18.2 Å². The Kier molecular flexibility index (Phi) is 6.06. The number of nitrogens with zero attached hydrogens (tertiary/aromatic N) is 1. The zero-order chi connectivity index (χ0) is 18.2. The van der Waals surface area contributed by atoms with Crippen molar-refractivity contribution in [3.63, 3.8) is 0 Å². The first-order chi connectivity index (χ1) is 12.0. The van der Waals surface area contributed by atoms with Gasteiger partial charge in [-0.25, -0.2) is 9.59 Å². The average Bonchev–Trinajstić information content (AvgIpc) is 3.03. The van der Waals surface area contributed by atoms with Gasteiger partial charge in [0.05, 0.1) is 32.4 Å². The molecular formula is C16H18N4O5. The van der Waals surface area contributed by atoms with Gasteiger partial charge in [-0.3, -0.25) is 9.69 Å². The topological polar surface area (TPSA) is 109 Å². The smallest absolute Gasteiger partial charge is 0.414 e. The molecule has 0 unspecified atom stereocenters. The molecule has 4 amide bonds. The molecule has 0 aromatic heterocycles. The number of ether oxygens (including phenoxy) is 2. The highest BCUT2D eigenvalue weighted by Gasteiger charge is 2.26. The Morgan fingerprint density at radius 1 is 1.40 bits per heavy atom. The van der Waals surface area contributed by atoms with Gasteiger partial charge in [-0.15, -0.1) is 6.42 Å². The molecule has 2 rings (SSSR count). The predicted molar refractivity (Wildman–Crippen MR) is 90.6 cm³/mol. The second-order valence-corrected chi connectivity index (χ2v) is 4.94. The molecule has 1 aromatic carbocycles. The molecule has 0 radical (unpaired) electrons. The number of terminal acetylenes is 1. The first-order valence-corrected chi connectivity index (χ1v) is 7.42. The standard InChI is InChI=1S/C16H18N4O5/c1-3-6-17-14(21)10-18-15(22)19-11-4-5-12(13(9-11)24-2)20-7-8-25-16(20)23/h1,4-5,9H,6-8,10H2,2H3,(H,17,21)(H2,18,19,22). The minimum atomic E-state index is -0.564. The molecule has 3 N–H and O–H groups in total. The van der Waals surface area contributed by atoms with E-state index in [1.807, 2.05) is 0 Å². The lowest BCUT2D eigenvalue weighted by Gasteiger charge is -2.17. The van der Waals surface area contributed by atoms with E-state index in [4.69, 9.17) is 15.9 Å². The predicted octanol–water partition coefficient (Wildman–Crippen LogP) is 0.523. The van der Waals surface area contributed by atoms with Crippen molar-refractivity contribution >= 4 is 29.4 Å². The van der Waals surface area contributed by atoms with Gasteiger partial charge in [0.15, 0.2) is 0 Å². The maximum Gasteiger partial charge on any atom is 0.414 e. The minimum Gasteiger partial charge on any atom is -0.494 e. The van der Waals surface area contributed by atoms with Crippen molar-refractivity contribution in [1.82, 2.24) is 10.6 Å². The van der Waals surface area contributed by atoms with Crippen molar-refractivity contribution < 1.29 is 23.9 Å². The third kappa shape index (κ3) is 4.78. The van der Waals surface area contributed by atoms with E-state index in [9.17, 15) is 14.4 Å². The lowest BCUT2D eigenvalue weighted by molar-refractivity contribution is -0.119. The number of cyclic esters (lactones) is 1. The molecule has 132 valence electrons. The second-order valence-electron chi connectivity index (χ2n) is 4.94. The molecule has 0 spiro atoms. The molecule has 9 heteroatoms. The molecule has 1 fully saturated rings. The summed E-state index contributed by atoms with van der Waals surface area (Å²) in [6.45, 7) is 0.628. The summed E-state index contributed by atoms with van der Waals surface area (Å²) in [6.07, 6.45) is 4.57. The zero-order valence-corrected chi connectivity index (χ0v) is 13.6. The van der Waals surface area contributed by atoms with E-state index >= 15 is 0 Å². The number of hydrogen-bond donors (Lipinski definition) is 3. The van der Waals surface area contributed by atoms with Gasteiger partial charge in [0.25, 0.3) is 0 Å². The van der Waals surface area contributed by atoms with Crippen LogP contribution in [-0.2, 0) is 9.53 Å². The quantitative estimate of drug-likeness (QED) is 0.651. The Bertz CT molecular complexity index is 713. The van der Waals surface area contributed by atoms with Crippen LogP contribution in [0.2, 0.25) is 0 Å². The largest absolute Gasteiger partial charge is 0.494 e. The summed E-state index contributed by atoms with van der Waals surface area (Å²) >= 11 is 0. The number of nitrogens with one attached hydrogen (secondary N) is 3. The number of anilines is 2. The molecule has 0 aliphatic carbocycles. The molecule has 0 saturated carbocycles. The number of amides is 4. The van der Waals surface area contributed by atoms with E-state index < -0.39 is 18.0 Å². The van der Waals surface area contributed by atoms with E-state index in [-0.39, 0.29) is 13.1 Å². The Morgan fingerprint density at radius 2 is 2.20 bits per heavy atom. The maximum atomic E-state index is 11.8. The molecular weight excluding hydrogens is 328 g/mol. The molecule has 1 aromatic rings. The fraction of sp³-hybridized carbons (Fsp3) is 0.312. The lowest BCUT2D eigenvalue weighted by Crippen LogP contribution is -2.39. The summed E-state index contributed by atoms with van der Waals surface area (Å²) in [5.74, 6) is 2.27. The van der Waals surface area contributed by atoms with Gasteiger partial charge in [0.1, 0.15) is 12.4 Å². The van der Waals surface area contributed by atoms with E-state index in [1.165, 1.54) is 12.0 Å². The minimum absolute atomic E-state index is 0.0970. The van der Waals surface area contributed by atoms with Crippen LogP contribution in [0.1, 0.15) is 0 Å². The Morgan fingerprint density at radius 3 is 2.84 bits per heavy atom. The summed E-state index contributed by atoms with van der Waals surface area (Å²) in [5, 5.41) is 7.40. The highest BCUT2D eigenvalue weighted by molar-refractivity contribution is 5.94. The van der Waals surface area contributed by atoms with E-state index in [0.29, 0.717) is 30.3 Å². The van der Waals surface area contributed by atoms with Crippen LogP contribution in [0.3, 0.4) is 0 Å². The summed E-state index contributed by atoms with van der Waals surface area (Å²) in [7, 11) is 1.46. The second kappa shape index (κ2) is 8.44. The zero-order valence-electron chi connectivity index (χ0n) is 13.6. The number of carbonyl (C=O) groups excluding carboxylic acids is 3. The van der Waals surface area contributed by atoms with Gasteiger partial charge in [0, 0.05) is 11.8 Å². The van der Waals surface area contributed by atoms with Gasteiger partial charge in [-0.1, -0.05) is 5.92 Å². The number of hydrogen-bond acceptors (Lipinski definition) is 5. The SMILES string of the molecule is C#CCNC(=O)CNC(=O)Nc1ccc(N2CCOC2=O)c(OC)c1. The summed E-state index contributed by atoms with van der Waals surface area (Å²) in [4.78, 5) is 36.3. The van der Waals surface area contributed by atoms with Crippen LogP contribution in [0.5, 0.6) is 5.75 Å².